The Bertz CT molecular complexity index is 848. The molecule has 5 nitrogen and oxygen atoms in total. The number of amides is 1. The summed E-state index contributed by atoms with van der Waals surface area (Å²) >= 11 is 0. The third-order valence-corrected chi connectivity index (χ3v) is 13.1. The molecule has 1 amide bonds. The zero-order valence-electron chi connectivity index (χ0n) is 40.9. The molecule has 0 saturated carbocycles. The highest BCUT2D eigenvalue weighted by Gasteiger charge is 2.20. The molecule has 0 aromatic carbocycles. The lowest BCUT2D eigenvalue weighted by Gasteiger charge is -2.21. The van der Waals surface area contributed by atoms with Crippen molar-refractivity contribution >= 4 is 5.91 Å². The van der Waals surface area contributed by atoms with Crippen LogP contribution in [0.2, 0.25) is 0 Å². The van der Waals surface area contributed by atoms with Crippen LogP contribution in [0, 0.1) is 0 Å². The summed E-state index contributed by atoms with van der Waals surface area (Å²) in [7, 11) is 0. The fourth-order valence-electron chi connectivity index (χ4n) is 8.87. The van der Waals surface area contributed by atoms with E-state index >= 15 is 0 Å². The zero-order valence-corrected chi connectivity index (χ0v) is 40.9. The van der Waals surface area contributed by atoms with Crippen molar-refractivity contribution in [2.24, 2.45) is 0 Å². The molecule has 0 aliphatic carbocycles. The van der Waals surface area contributed by atoms with Gasteiger partial charge < -0.3 is 20.6 Å². The Kier molecular flexibility index (Phi) is 50.0. The summed E-state index contributed by atoms with van der Waals surface area (Å²) in [6, 6.07) is -0.741. The smallest absolute Gasteiger partial charge is 0.222 e. The van der Waals surface area contributed by atoms with Gasteiger partial charge in [-0.3, -0.25) is 4.79 Å². The maximum absolute atomic E-state index is 12.5. The second-order valence-corrected chi connectivity index (χ2v) is 19.2. The molecular formula is C55H109NO4. The number of carbonyl (C=O) groups is 1. The van der Waals surface area contributed by atoms with Crippen molar-refractivity contribution < 1.29 is 20.1 Å². The van der Waals surface area contributed by atoms with E-state index < -0.39 is 18.2 Å². The van der Waals surface area contributed by atoms with Gasteiger partial charge in [0, 0.05) is 0 Å². The van der Waals surface area contributed by atoms with Crippen molar-refractivity contribution in [1.82, 2.24) is 5.32 Å². The minimum absolute atomic E-state index is 0.0195. The minimum Gasteiger partial charge on any atom is -0.394 e. The summed E-state index contributed by atoms with van der Waals surface area (Å²) in [6.45, 7) is 4.26. The molecule has 358 valence electrons. The number of carbonyl (C=O) groups excluding carboxylic acids is 1. The van der Waals surface area contributed by atoms with Crippen molar-refractivity contribution in [1.29, 1.82) is 0 Å². The van der Waals surface area contributed by atoms with E-state index in [-0.39, 0.29) is 18.9 Å². The molecule has 0 aliphatic rings. The van der Waals surface area contributed by atoms with Gasteiger partial charge in [0.1, 0.15) is 0 Å². The number of hydrogen-bond acceptors (Lipinski definition) is 4. The third kappa shape index (κ3) is 46.6. The second kappa shape index (κ2) is 50.7. The van der Waals surface area contributed by atoms with Gasteiger partial charge in [0.2, 0.25) is 5.91 Å². The van der Waals surface area contributed by atoms with E-state index in [0.717, 1.165) is 25.7 Å². The molecule has 0 aliphatic heterocycles. The van der Waals surface area contributed by atoms with Crippen LogP contribution in [-0.4, -0.2) is 46.1 Å². The first-order valence-electron chi connectivity index (χ1n) is 27.5. The minimum atomic E-state index is -0.926. The standard InChI is InChI=1S/C55H109NO4/c1-3-5-7-9-11-13-15-17-19-21-23-25-26-27-29-30-32-34-36-38-40-42-44-46-48-52(58)50-55(60)56-53(51-57)54(59)49-47-45-43-41-39-37-35-33-31-28-24-22-20-18-16-14-12-10-8-6-4-2/h47,49,52-54,57-59H,3-46,48,50-51H2,1-2H3,(H,56,60)/b49-47+. The molecule has 0 bridgehead atoms. The van der Waals surface area contributed by atoms with Gasteiger partial charge in [0.05, 0.1) is 31.3 Å². The van der Waals surface area contributed by atoms with Crippen LogP contribution >= 0.6 is 0 Å². The number of aliphatic hydroxyl groups excluding tert-OH is 3. The lowest BCUT2D eigenvalue weighted by atomic mass is 10.0. The van der Waals surface area contributed by atoms with Crippen molar-refractivity contribution in [2.75, 3.05) is 6.61 Å². The molecule has 5 heteroatoms. The monoisotopic (exact) mass is 848 g/mol. The lowest BCUT2D eigenvalue weighted by Crippen LogP contribution is -2.45. The van der Waals surface area contributed by atoms with Crippen LogP contribution in [0.4, 0.5) is 0 Å². The Labute approximate surface area is 376 Å². The van der Waals surface area contributed by atoms with Crippen LogP contribution in [0.5, 0.6) is 0 Å². The molecule has 0 spiro atoms. The van der Waals surface area contributed by atoms with Crippen LogP contribution in [-0.2, 0) is 4.79 Å². The Morgan fingerprint density at radius 1 is 0.417 bits per heavy atom. The van der Waals surface area contributed by atoms with Crippen LogP contribution in [0.25, 0.3) is 0 Å². The van der Waals surface area contributed by atoms with Gasteiger partial charge in [-0.05, 0) is 19.3 Å². The maximum Gasteiger partial charge on any atom is 0.222 e. The van der Waals surface area contributed by atoms with Crippen molar-refractivity contribution in [2.45, 2.75) is 327 Å². The summed E-state index contributed by atoms with van der Waals surface area (Å²) < 4.78 is 0. The van der Waals surface area contributed by atoms with E-state index in [4.69, 9.17) is 0 Å². The van der Waals surface area contributed by atoms with E-state index in [2.05, 4.69) is 19.2 Å². The molecule has 0 saturated heterocycles. The maximum atomic E-state index is 12.5. The van der Waals surface area contributed by atoms with Crippen LogP contribution in [0.15, 0.2) is 12.2 Å². The predicted octanol–water partition coefficient (Wildman–Crippen LogP) is 16.7. The van der Waals surface area contributed by atoms with Gasteiger partial charge in [-0.25, -0.2) is 0 Å². The van der Waals surface area contributed by atoms with E-state index in [1.165, 1.54) is 257 Å². The number of hydrogen-bond donors (Lipinski definition) is 4. The first kappa shape index (κ1) is 59.1. The quantitative estimate of drug-likeness (QED) is 0.0363. The number of unbranched alkanes of at least 4 members (excludes halogenated alkanes) is 42. The van der Waals surface area contributed by atoms with Crippen molar-refractivity contribution in [3.8, 4) is 0 Å². The molecule has 0 radical (unpaired) electrons. The first-order valence-corrected chi connectivity index (χ1v) is 27.5. The van der Waals surface area contributed by atoms with E-state index in [9.17, 15) is 20.1 Å². The molecule has 60 heavy (non-hydrogen) atoms. The summed E-state index contributed by atoms with van der Waals surface area (Å²) in [6.07, 6.45) is 62.5. The Morgan fingerprint density at radius 3 is 0.967 bits per heavy atom. The molecule has 0 aromatic heterocycles. The molecule has 3 atom stereocenters. The van der Waals surface area contributed by atoms with E-state index in [1.807, 2.05) is 6.08 Å². The zero-order chi connectivity index (χ0) is 43.7. The molecule has 0 rings (SSSR count). The topological polar surface area (TPSA) is 89.8 Å². The van der Waals surface area contributed by atoms with Gasteiger partial charge in [0.25, 0.3) is 0 Å². The van der Waals surface area contributed by atoms with Gasteiger partial charge in [-0.1, -0.05) is 296 Å². The fourth-order valence-corrected chi connectivity index (χ4v) is 8.87. The van der Waals surface area contributed by atoms with Gasteiger partial charge in [-0.15, -0.1) is 0 Å². The van der Waals surface area contributed by atoms with Gasteiger partial charge in [-0.2, -0.15) is 0 Å². The molecule has 0 heterocycles. The summed E-state index contributed by atoms with van der Waals surface area (Å²) in [4.78, 5) is 12.5. The summed E-state index contributed by atoms with van der Waals surface area (Å²) in [5, 5.41) is 33.4. The predicted molar refractivity (Wildman–Crippen MR) is 264 cm³/mol. The van der Waals surface area contributed by atoms with Crippen LogP contribution in [0.3, 0.4) is 0 Å². The Balaban J connectivity index is 3.54. The lowest BCUT2D eigenvalue weighted by molar-refractivity contribution is -0.124. The van der Waals surface area contributed by atoms with Gasteiger partial charge in [0.15, 0.2) is 0 Å². The highest BCUT2D eigenvalue weighted by Crippen LogP contribution is 2.18. The second-order valence-electron chi connectivity index (χ2n) is 19.2. The molecule has 3 unspecified atom stereocenters. The molecular weight excluding hydrogens is 739 g/mol. The number of rotatable bonds is 51. The highest BCUT2D eigenvalue weighted by atomic mass is 16.3. The van der Waals surface area contributed by atoms with E-state index in [0.29, 0.717) is 6.42 Å². The Hall–Kier alpha value is -0.910. The molecule has 0 aromatic rings. The highest BCUT2D eigenvalue weighted by molar-refractivity contribution is 5.76. The summed E-state index contributed by atoms with van der Waals surface area (Å²) in [5.74, 6) is -0.308. The normalized spacial score (nSPS) is 13.3. The third-order valence-electron chi connectivity index (χ3n) is 13.1. The van der Waals surface area contributed by atoms with E-state index in [1.54, 1.807) is 6.08 Å². The molecule has 4 N–H and O–H groups in total. The molecule has 0 fully saturated rings. The van der Waals surface area contributed by atoms with Crippen LogP contribution < -0.4 is 5.32 Å². The largest absolute Gasteiger partial charge is 0.394 e. The SMILES string of the molecule is CCCCCCCCCCCCCCCCCCCCC/C=C/C(O)C(CO)NC(=O)CC(O)CCCCCCCCCCCCCCCCCCCCCCCCCC. The van der Waals surface area contributed by atoms with Crippen molar-refractivity contribution in [3.63, 3.8) is 0 Å². The Morgan fingerprint density at radius 2 is 0.683 bits per heavy atom. The average molecular weight is 848 g/mol. The summed E-state index contributed by atoms with van der Waals surface area (Å²) in [5.41, 5.74) is 0. The average Bonchev–Trinajstić information content (AvgIpc) is 3.24. The number of allylic oxidation sites excluding steroid dienone is 1. The van der Waals surface area contributed by atoms with Crippen molar-refractivity contribution in [3.05, 3.63) is 12.2 Å². The number of nitrogens with one attached hydrogen (secondary N) is 1. The number of aliphatic hydroxyl groups is 3. The fraction of sp³-hybridized carbons (Fsp3) is 0.945. The van der Waals surface area contributed by atoms with Crippen LogP contribution in [0.1, 0.15) is 309 Å². The van der Waals surface area contributed by atoms with Gasteiger partial charge >= 0.3 is 0 Å². The first-order chi connectivity index (χ1) is 29.5.